The van der Waals surface area contributed by atoms with Crippen molar-refractivity contribution in [3.8, 4) is 0 Å². The maximum Gasteiger partial charge on any atom is 0.418 e. The number of aromatic nitrogens is 4. The minimum atomic E-state index is -4.73. The van der Waals surface area contributed by atoms with E-state index in [2.05, 4.69) is 35.9 Å². The van der Waals surface area contributed by atoms with Gasteiger partial charge < -0.3 is 21.1 Å². The first kappa shape index (κ1) is 27.0. The van der Waals surface area contributed by atoms with Crippen molar-refractivity contribution in [3.63, 3.8) is 0 Å². The quantitative estimate of drug-likeness (QED) is 0.318. The summed E-state index contributed by atoms with van der Waals surface area (Å²) in [6, 6.07) is -0.119. The van der Waals surface area contributed by atoms with Gasteiger partial charge in [-0.05, 0) is 13.0 Å². The van der Waals surface area contributed by atoms with E-state index in [1.807, 2.05) is 0 Å². The van der Waals surface area contributed by atoms with Gasteiger partial charge in [-0.15, -0.1) is 11.3 Å². The lowest BCUT2D eigenvalue weighted by atomic mass is 10.2. The number of carboxylic acid groups (broad SMARTS) is 1. The molecule has 4 N–H and O–H groups in total. The van der Waals surface area contributed by atoms with Crippen molar-refractivity contribution in [2.45, 2.75) is 19.1 Å². The maximum absolute atomic E-state index is 13.0. The van der Waals surface area contributed by atoms with E-state index in [4.69, 9.17) is 28.3 Å². The Morgan fingerprint density at radius 1 is 1.11 bits per heavy atom. The Balaban J connectivity index is 1.68. The number of nitrogens with zero attached hydrogens (tertiary/aromatic N) is 4. The zero-order chi connectivity index (χ0) is 26.6. The number of carboxylic acids is 1. The predicted octanol–water partition coefficient (Wildman–Crippen LogP) is 3.89. The number of anilines is 2. The molecule has 1 unspecified atom stereocenters. The Hall–Kier alpha value is -3.56. The summed E-state index contributed by atoms with van der Waals surface area (Å²) in [4.78, 5) is 51.2. The summed E-state index contributed by atoms with van der Waals surface area (Å²) in [5.74, 6) is -3.07. The van der Waals surface area contributed by atoms with Crippen LogP contribution in [0.4, 0.5) is 24.8 Å². The topological polar surface area (TPSA) is 159 Å². The SMILES string of the molecule is CC(NC(=O)c1ncnc(NCC(=O)O)c1Cl)c1ncc(C(=O)Nc2cc(C(F)(F)F)c(Cl)cn2)s1. The number of rotatable bonds is 8. The summed E-state index contributed by atoms with van der Waals surface area (Å²) in [5, 5.41) is 15.5. The summed E-state index contributed by atoms with van der Waals surface area (Å²) < 4.78 is 39.0. The summed E-state index contributed by atoms with van der Waals surface area (Å²) in [6.07, 6.45) is -1.75. The fraction of sp³-hybridized carbons (Fsp3) is 0.211. The van der Waals surface area contributed by atoms with Crippen LogP contribution in [-0.2, 0) is 11.0 Å². The first-order chi connectivity index (χ1) is 16.9. The van der Waals surface area contributed by atoms with E-state index < -0.39 is 47.1 Å². The van der Waals surface area contributed by atoms with Crippen LogP contribution in [0.2, 0.25) is 10.0 Å². The number of halogens is 5. The van der Waals surface area contributed by atoms with Crippen molar-refractivity contribution in [2.24, 2.45) is 0 Å². The second kappa shape index (κ2) is 11.0. The second-order valence-corrected chi connectivity index (χ2v) is 8.74. The highest BCUT2D eigenvalue weighted by atomic mass is 35.5. The largest absolute Gasteiger partial charge is 0.480 e. The summed E-state index contributed by atoms with van der Waals surface area (Å²) in [6.45, 7) is 1.08. The lowest BCUT2D eigenvalue weighted by Crippen LogP contribution is -2.28. The molecule has 3 aromatic rings. The molecule has 0 bridgehead atoms. The molecule has 190 valence electrons. The molecule has 3 rings (SSSR count). The number of hydrogen-bond donors (Lipinski definition) is 4. The Morgan fingerprint density at radius 3 is 2.50 bits per heavy atom. The predicted molar refractivity (Wildman–Crippen MR) is 123 cm³/mol. The lowest BCUT2D eigenvalue weighted by molar-refractivity contribution is -0.137. The van der Waals surface area contributed by atoms with Gasteiger partial charge in [0.25, 0.3) is 11.8 Å². The number of thiazole rings is 1. The molecule has 36 heavy (non-hydrogen) atoms. The van der Waals surface area contributed by atoms with Gasteiger partial charge in [0, 0.05) is 6.20 Å². The number of alkyl halides is 3. The molecule has 11 nitrogen and oxygen atoms in total. The zero-order valence-corrected chi connectivity index (χ0v) is 20.2. The molecule has 0 saturated carbocycles. The molecule has 0 aliphatic rings. The highest BCUT2D eigenvalue weighted by Crippen LogP contribution is 2.35. The third-order valence-corrected chi connectivity index (χ3v) is 6.12. The van der Waals surface area contributed by atoms with Crippen LogP contribution in [0.3, 0.4) is 0 Å². The highest BCUT2D eigenvalue weighted by Gasteiger charge is 2.34. The molecule has 1 atom stereocenters. The molecule has 0 saturated heterocycles. The first-order valence-electron chi connectivity index (χ1n) is 9.63. The Bertz CT molecular complexity index is 1320. The van der Waals surface area contributed by atoms with Gasteiger partial charge in [-0.25, -0.2) is 19.9 Å². The van der Waals surface area contributed by atoms with Crippen molar-refractivity contribution in [3.05, 3.63) is 56.0 Å². The minimum Gasteiger partial charge on any atom is -0.480 e. The van der Waals surface area contributed by atoms with Crippen molar-refractivity contribution in [1.82, 2.24) is 25.3 Å². The smallest absolute Gasteiger partial charge is 0.418 e. The molecular formula is C19H14Cl2F3N7O4S. The first-order valence-corrected chi connectivity index (χ1v) is 11.2. The van der Waals surface area contributed by atoms with Gasteiger partial charge in [-0.1, -0.05) is 23.2 Å². The van der Waals surface area contributed by atoms with Crippen LogP contribution in [0.1, 0.15) is 43.7 Å². The van der Waals surface area contributed by atoms with Gasteiger partial charge >= 0.3 is 12.1 Å². The molecule has 3 aromatic heterocycles. The number of nitrogens with one attached hydrogen (secondary N) is 3. The number of carbonyl (C=O) groups excluding carboxylic acids is 2. The monoisotopic (exact) mass is 563 g/mol. The summed E-state index contributed by atoms with van der Waals surface area (Å²) in [7, 11) is 0. The third-order valence-electron chi connectivity index (χ3n) is 4.28. The van der Waals surface area contributed by atoms with Crippen molar-refractivity contribution in [2.75, 3.05) is 17.2 Å². The second-order valence-electron chi connectivity index (χ2n) is 6.89. The molecule has 0 spiro atoms. The number of aliphatic carboxylic acids is 1. The van der Waals surface area contributed by atoms with Gasteiger partial charge in [-0.2, -0.15) is 13.2 Å². The van der Waals surface area contributed by atoms with E-state index in [9.17, 15) is 27.6 Å². The number of hydrogen-bond acceptors (Lipinski definition) is 9. The molecule has 0 aromatic carbocycles. The Kier molecular flexibility index (Phi) is 8.27. The van der Waals surface area contributed by atoms with E-state index in [1.165, 1.54) is 6.20 Å². The molecule has 0 aliphatic carbocycles. The molecule has 0 aliphatic heterocycles. The average molecular weight is 564 g/mol. The highest BCUT2D eigenvalue weighted by molar-refractivity contribution is 7.13. The number of carbonyl (C=O) groups is 3. The molecule has 17 heteroatoms. The molecule has 0 fully saturated rings. The van der Waals surface area contributed by atoms with E-state index in [1.54, 1.807) is 6.92 Å². The van der Waals surface area contributed by atoms with Crippen LogP contribution in [-0.4, -0.2) is 49.4 Å². The summed E-state index contributed by atoms with van der Waals surface area (Å²) in [5.41, 5.74) is -1.38. The van der Waals surface area contributed by atoms with Gasteiger partial charge in [0.15, 0.2) is 5.69 Å². The van der Waals surface area contributed by atoms with Crippen molar-refractivity contribution < 1.29 is 32.7 Å². The van der Waals surface area contributed by atoms with Crippen LogP contribution < -0.4 is 16.0 Å². The minimum absolute atomic E-state index is 0.0385. The normalized spacial score (nSPS) is 12.1. The number of pyridine rings is 1. The van der Waals surface area contributed by atoms with Crippen LogP contribution in [0.15, 0.2) is 24.8 Å². The molecule has 0 radical (unpaired) electrons. The standard InChI is InChI=1S/C19H14Cl2F3N7O4S/c1-7(30-17(35)14-13(21)15(29-6-28-14)26-5-12(32)33)18-27-4-10(36-18)16(34)31-11-2-8(19(22,23)24)9(20)3-25-11/h2-4,6-7H,5H2,1H3,(H,30,35)(H,32,33)(H,25,31,34)(H,26,28,29). The van der Waals surface area contributed by atoms with E-state index in [0.29, 0.717) is 11.1 Å². The van der Waals surface area contributed by atoms with E-state index in [0.717, 1.165) is 23.9 Å². The van der Waals surface area contributed by atoms with Gasteiger partial charge in [0.1, 0.15) is 39.4 Å². The molecule has 3 heterocycles. The van der Waals surface area contributed by atoms with Crippen LogP contribution in [0.25, 0.3) is 0 Å². The average Bonchev–Trinajstić information content (AvgIpc) is 3.29. The number of amides is 2. The van der Waals surface area contributed by atoms with Gasteiger partial charge in [0.05, 0.1) is 22.8 Å². The molecular weight excluding hydrogens is 550 g/mol. The lowest BCUT2D eigenvalue weighted by Gasteiger charge is -2.13. The van der Waals surface area contributed by atoms with Crippen molar-refractivity contribution in [1.29, 1.82) is 0 Å². The van der Waals surface area contributed by atoms with Crippen LogP contribution in [0, 0.1) is 0 Å². The zero-order valence-electron chi connectivity index (χ0n) is 17.9. The maximum atomic E-state index is 13.0. The van der Waals surface area contributed by atoms with Crippen LogP contribution >= 0.6 is 34.5 Å². The van der Waals surface area contributed by atoms with Gasteiger partial charge in [-0.3, -0.25) is 14.4 Å². The summed E-state index contributed by atoms with van der Waals surface area (Å²) >= 11 is 12.5. The van der Waals surface area contributed by atoms with E-state index >= 15 is 0 Å². The molecule has 2 amide bonds. The third kappa shape index (κ3) is 6.56. The Morgan fingerprint density at radius 2 is 1.83 bits per heavy atom. The fourth-order valence-electron chi connectivity index (χ4n) is 2.63. The van der Waals surface area contributed by atoms with Crippen molar-refractivity contribution >= 4 is 64.0 Å². The van der Waals surface area contributed by atoms with Gasteiger partial charge in [0.2, 0.25) is 0 Å². The van der Waals surface area contributed by atoms with Crippen LogP contribution in [0.5, 0.6) is 0 Å². The van der Waals surface area contributed by atoms with E-state index in [-0.39, 0.29) is 27.2 Å². The fourth-order valence-corrected chi connectivity index (χ4v) is 3.91. The Labute approximate surface area is 214 Å².